The summed E-state index contributed by atoms with van der Waals surface area (Å²) in [7, 11) is 0. The summed E-state index contributed by atoms with van der Waals surface area (Å²) in [4.78, 5) is 91.0. The predicted molar refractivity (Wildman–Crippen MR) is 187 cm³/mol. The molecule has 0 spiro atoms. The Balaban J connectivity index is 1.56. The summed E-state index contributed by atoms with van der Waals surface area (Å²) in [6.45, 7) is 7.16. The highest BCUT2D eigenvalue weighted by Crippen LogP contribution is 2.30. The molecule has 1 unspecified atom stereocenters. The second-order valence-electron chi connectivity index (χ2n) is 15.4. The smallest absolute Gasteiger partial charge is 0.289 e. The lowest BCUT2D eigenvalue weighted by molar-refractivity contribution is -0.146. The van der Waals surface area contributed by atoms with E-state index in [1.807, 2.05) is 27.7 Å². The van der Waals surface area contributed by atoms with Crippen LogP contribution in [0.2, 0.25) is 0 Å². The van der Waals surface area contributed by atoms with Crippen molar-refractivity contribution >= 4 is 35.3 Å². The van der Waals surface area contributed by atoms with E-state index in [1.54, 1.807) is 4.90 Å². The number of carbonyl (C=O) groups excluding carboxylic acids is 6. The number of aromatic nitrogens is 2. The Kier molecular flexibility index (Phi) is 14.3. The van der Waals surface area contributed by atoms with Crippen molar-refractivity contribution < 1.29 is 28.8 Å². The van der Waals surface area contributed by atoms with Gasteiger partial charge in [-0.3, -0.25) is 33.8 Å². The summed E-state index contributed by atoms with van der Waals surface area (Å²) in [6, 6.07) is -3.12. The molecule has 0 aromatic carbocycles. The Hall–Kier alpha value is -3.90. The minimum atomic E-state index is -1.01. The second kappa shape index (κ2) is 18.4. The highest BCUT2D eigenvalue weighted by atomic mass is 16.2. The first kappa shape index (κ1) is 38.9. The van der Waals surface area contributed by atoms with Gasteiger partial charge in [-0.15, -0.1) is 0 Å². The number of carbonyl (C=O) groups is 6. The average Bonchev–Trinajstić information content (AvgIpc) is 3.95. The Morgan fingerprint density at radius 3 is 2.06 bits per heavy atom. The monoisotopic (exact) mass is 695 g/mol. The van der Waals surface area contributed by atoms with Crippen LogP contribution in [0.4, 0.5) is 0 Å². The van der Waals surface area contributed by atoms with E-state index in [-0.39, 0.29) is 36.1 Å². The molecule has 4 rings (SSSR count). The van der Waals surface area contributed by atoms with E-state index in [0.29, 0.717) is 25.7 Å². The number of nitrogens with one attached hydrogen (secondary N) is 4. The third kappa shape index (κ3) is 11.3. The standard InChI is InChI=1S/C37H57N7O6/c1-5-13-27(31(46)35(49)40-25-18-19-25)41-29(45)23-44(26-16-11-6-7-12-17-26)36(50)32(37(2,3)4)43-34(48)30(24-14-9-8-10-15-24)42-33(47)28-22-38-20-21-39-28/h20-22,24-27,30,32H,5-19,23H2,1-4H3,(H,40,49)(H,41,45)(H,42,47)(H,43,48)/t27-,30-,32?/m0/s1. The van der Waals surface area contributed by atoms with Crippen LogP contribution in [0.15, 0.2) is 18.6 Å². The third-order valence-corrected chi connectivity index (χ3v) is 10.1. The van der Waals surface area contributed by atoms with Crippen LogP contribution in [0.3, 0.4) is 0 Å². The van der Waals surface area contributed by atoms with E-state index >= 15 is 0 Å². The quantitative estimate of drug-likeness (QED) is 0.159. The van der Waals surface area contributed by atoms with Crippen LogP contribution >= 0.6 is 0 Å². The zero-order chi connectivity index (χ0) is 36.3. The molecule has 13 heteroatoms. The highest BCUT2D eigenvalue weighted by molar-refractivity contribution is 6.38. The molecule has 0 aliphatic heterocycles. The Morgan fingerprint density at radius 2 is 1.48 bits per heavy atom. The number of Topliss-reactive ketones (excluding diaryl/α,β-unsaturated/α-hetero) is 1. The Labute approximate surface area is 296 Å². The fourth-order valence-corrected chi connectivity index (χ4v) is 7.09. The summed E-state index contributed by atoms with van der Waals surface area (Å²) in [6.07, 6.45) is 16.5. The van der Waals surface area contributed by atoms with Gasteiger partial charge in [-0.05, 0) is 56.3 Å². The first-order valence-electron chi connectivity index (χ1n) is 18.7. The lowest BCUT2D eigenvalue weighted by atomic mass is 9.82. The van der Waals surface area contributed by atoms with Gasteiger partial charge in [0.15, 0.2) is 0 Å². The molecule has 3 saturated carbocycles. The molecule has 1 aromatic rings. The number of ketones is 1. The topological polar surface area (TPSA) is 180 Å². The summed E-state index contributed by atoms with van der Waals surface area (Å²) in [5.41, 5.74) is -0.653. The number of amides is 5. The lowest BCUT2D eigenvalue weighted by Gasteiger charge is -2.39. The van der Waals surface area contributed by atoms with E-state index in [9.17, 15) is 28.8 Å². The van der Waals surface area contributed by atoms with Crippen LogP contribution in [0, 0.1) is 11.3 Å². The lowest BCUT2D eigenvalue weighted by Crippen LogP contribution is -2.62. The van der Waals surface area contributed by atoms with Gasteiger partial charge in [0.1, 0.15) is 17.8 Å². The molecule has 4 N–H and O–H groups in total. The summed E-state index contributed by atoms with van der Waals surface area (Å²) in [5.74, 6) is -3.38. The van der Waals surface area contributed by atoms with Gasteiger partial charge in [0.05, 0.1) is 18.8 Å². The predicted octanol–water partition coefficient (Wildman–Crippen LogP) is 3.37. The van der Waals surface area contributed by atoms with Crippen molar-refractivity contribution in [2.45, 2.75) is 154 Å². The van der Waals surface area contributed by atoms with Crippen molar-refractivity contribution in [1.82, 2.24) is 36.1 Å². The minimum Gasteiger partial charge on any atom is -0.347 e. The first-order chi connectivity index (χ1) is 23.9. The van der Waals surface area contributed by atoms with E-state index in [4.69, 9.17) is 0 Å². The van der Waals surface area contributed by atoms with Crippen molar-refractivity contribution in [3.8, 4) is 0 Å². The van der Waals surface area contributed by atoms with Crippen LogP contribution < -0.4 is 21.3 Å². The van der Waals surface area contributed by atoms with Gasteiger partial charge < -0.3 is 26.2 Å². The van der Waals surface area contributed by atoms with Crippen molar-refractivity contribution in [2.24, 2.45) is 11.3 Å². The molecule has 0 radical (unpaired) electrons. The highest BCUT2D eigenvalue weighted by Gasteiger charge is 2.42. The molecule has 276 valence electrons. The summed E-state index contributed by atoms with van der Waals surface area (Å²) in [5, 5.41) is 11.4. The van der Waals surface area contributed by atoms with E-state index < -0.39 is 53.0 Å². The molecular formula is C37H57N7O6. The van der Waals surface area contributed by atoms with E-state index in [0.717, 1.165) is 70.6 Å². The normalized spacial score (nSPS) is 19.2. The summed E-state index contributed by atoms with van der Waals surface area (Å²) >= 11 is 0. The third-order valence-electron chi connectivity index (χ3n) is 10.1. The molecule has 50 heavy (non-hydrogen) atoms. The number of rotatable bonds is 15. The van der Waals surface area contributed by atoms with Gasteiger partial charge >= 0.3 is 0 Å². The van der Waals surface area contributed by atoms with Crippen LogP contribution in [0.1, 0.15) is 134 Å². The first-order valence-corrected chi connectivity index (χ1v) is 18.7. The van der Waals surface area contributed by atoms with Gasteiger partial charge in [-0.1, -0.05) is 79.1 Å². The molecule has 3 aliphatic carbocycles. The molecule has 3 atom stereocenters. The molecule has 5 amide bonds. The molecule has 3 fully saturated rings. The van der Waals surface area contributed by atoms with Crippen molar-refractivity contribution in [2.75, 3.05) is 6.54 Å². The molecule has 0 saturated heterocycles. The SMILES string of the molecule is CCC[C@H](NC(=O)CN(C(=O)C(NC(=O)[C@@H](NC(=O)c1cnccn1)C1CCCCC1)C(C)(C)C)C1CCCCCC1)C(=O)C(=O)NC1CC1. The van der Waals surface area contributed by atoms with Crippen LogP contribution in [-0.4, -0.2) is 86.9 Å². The van der Waals surface area contributed by atoms with Gasteiger partial charge in [0, 0.05) is 24.5 Å². The zero-order valence-electron chi connectivity index (χ0n) is 30.3. The molecule has 3 aliphatic rings. The molecule has 0 bridgehead atoms. The van der Waals surface area contributed by atoms with Crippen LogP contribution in [0.25, 0.3) is 0 Å². The molecule has 13 nitrogen and oxygen atoms in total. The number of nitrogens with zero attached hydrogens (tertiary/aromatic N) is 3. The molecule has 1 heterocycles. The molecule has 1 aromatic heterocycles. The maximum Gasteiger partial charge on any atom is 0.289 e. The maximum absolute atomic E-state index is 14.7. The van der Waals surface area contributed by atoms with Crippen LogP contribution in [-0.2, 0) is 24.0 Å². The number of hydrogen-bond acceptors (Lipinski definition) is 8. The van der Waals surface area contributed by atoms with Gasteiger partial charge in [-0.2, -0.15) is 0 Å². The van der Waals surface area contributed by atoms with Gasteiger partial charge in [0.2, 0.25) is 23.5 Å². The zero-order valence-corrected chi connectivity index (χ0v) is 30.3. The van der Waals surface area contributed by atoms with Crippen molar-refractivity contribution in [3.63, 3.8) is 0 Å². The minimum absolute atomic E-state index is 0.00960. The van der Waals surface area contributed by atoms with Gasteiger partial charge in [0.25, 0.3) is 11.8 Å². The largest absolute Gasteiger partial charge is 0.347 e. The van der Waals surface area contributed by atoms with Crippen LogP contribution in [0.5, 0.6) is 0 Å². The van der Waals surface area contributed by atoms with E-state index in [1.165, 1.54) is 18.6 Å². The fraction of sp³-hybridized carbons (Fsp3) is 0.730. The summed E-state index contributed by atoms with van der Waals surface area (Å²) < 4.78 is 0. The Bertz CT molecular complexity index is 1330. The Morgan fingerprint density at radius 1 is 0.840 bits per heavy atom. The van der Waals surface area contributed by atoms with Gasteiger partial charge in [-0.25, -0.2) is 4.98 Å². The van der Waals surface area contributed by atoms with Crippen molar-refractivity contribution in [3.05, 3.63) is 24.3 Å². The average molecular weight is 696 g/mol. The molecular weight excluding hydrogens is 638 g/mol. The van der Waals surface area contributed by atoms with Crippen molar-refractivity contribution in [1.29, 1.82) is 0 Å². The maximum atomic E-state index is 14.7. The fourth-order valence-electron chi connectivity index (χ4n) is 7.09. The second-order valence-corrected chi connectivity index (χ2v) is 15.4. The van der Waals surface area contributed by atoms with E-state index in [2.05, 4.69) is 31.2 Å². The number of hydrogen-bond donors (Lipinski definition) is 4.